The Labute approximate surface area is 431 Å². The van der Waals surface area contributed by atoms with E-state index in [1.165, 1.54) is 0 Å². The van der Waals surface area contributed by atoms with Crippen molar-refractivity contribution in [1.82, 2.24) is 39.8 Å². The lowest BCUT2D eigenvalue weighted by Crippen LogP contribution is -2.59. The molecule has 4 saturated heterocycles. The van der Waals surface area contributed by atoms with Gasteiger partial charge in [0.1, 0.15) is 24.8 Å². The topological polar surface area (TPSA) is 190 Å². The van der Waals surface area contributed by atoms with Crippen LogP contribution in [0.2, 0.25) is 0 Å². The number of carbonyl (C=O) groups excluding carboxylic acids is 4. The van der Waals surface area contributed by atoms with Gasteiger partial charge in [0.05, 0.1) is 40.3 Å². The van der Waals surface area contributed by atoms with Gasteiger partial charge in [-0.05, 0) is 95.5 Å². The molecule has 18 nitrogen and oxygen atoms in total. The molecule has 4 aromatic carbocycles. The van der Waals surface area contributed by atoms with Gasteiger partial charge in [-0.15, -0.1) is 0 Å². The Kier molecular flexibility index (Phi) is 13.1. The van der Waals surface area contributed by atoms with Crippen LogP contribution in [0.3, 0.4) is 0 Å². The highest BCUT2D eigenvalue weighted by atomic mass is 79.9. The number of aromatic nitrogens is 4. The van der Waals surface area contributed by atoms with Crippen molar-refractivity contribution in [3.8, 4) is 16.9 Å². The molecular formula is C53H58BrN12O6P. The van der Waals surface area contributed by atoms with Gasteiger partial charge in [0.2, 0.25) is 17.8 Å². The number of nitrogens with one attached hydrogen (secondary N) is 3. The Bertz CT molecular complexity index is 3230. The minimum atomic E-state index is -2.71. The molecule has 6 aromatic rings. The van der Waals surface area contributed by atoms with E-state index in [2.05, 4.69) is 73.7 Å². The Morgan fingerprint density at radius 3 is 2.32 bits per heavy atom. The maximum atomic E-state index is 13.7. The van der Waals surface area contributed by atoms with E-state index in [0.29, 0.717) is 50.8 Å². The average Bonchev–Trinajstić information content (AvgIpc) is 3.91. The van der Waals surface area contributed by atoms with Crippen molar-refractivity contribution in [3.05, 3.63) is 101 Å². The lowest BCUT2D eigenvalue weighted by molar-refractivity contribution is -0.136. The molecule has 5 aliphatic rings. The largest absolute Gasteiger partial charge is 0.494 e. The summed E-state index contributed by atoms with van der Waals surface area (Å²) in [6.45, 7) is 12.1. The van der Waals surface area contributed by atoms with E-state index in [1.54, 1.807) is 38.8 Å². The Morgan fingerprint density at radius 2 is 1.59 bits per heavy atom. The zero-order valence-corrected chi connectivity index (χ0v) is 43.8. The van der Waals surface area contributed by atoms with E-state index in [4.69, 9.17) is 9.72 Å². The van der Waals surface area contributed by atoms with Crippen LogP contribution in [-0.2, 0) is 21.2 Å². The monoisotopic (exact) mass is 1070 g/mol. The standard InChI is InChI=1S/C53H58BrN12O6P/c1-61-31-34(26-56-61)39-24-43(58-53-55-27-41(54)49(60-53)57-42-12-9-33-7-5-6-8-37(33)48(42)73(3,4)71)46(72-2)25-45(39)64-21-19-62(20-22-64)28-32-29-65(30-32)35-15-17-63(18-16-35)36-10-11-38-40(23-36)52(70)66(51(38)69)44-13-14-47(67)59-50(44)68/h5-12,23-27,31-32,35,44H,13-22,28-30H2,1-4H3,(H,59,67,68)(H2,55,57,58,60). The second-order valence-electron chi connectivity index (χ2n) is 20.1. The summed E-state index contributed by atoms with van der Waals surface area (Å²) in [5.74, 6) is 0.192. The third-order valence-corrected chi connectivity index (χ3v) is 17.1. The van der Waals surface area contributed by atoms with Crippen molar-refractivity contribution in [2.75, 3.05) is 99.8 Å². The van der Waals surface area contributed by atoms with Crippen LogP contribution in [0.15, 0.2) is 89.8 Å². The first-order valence-corrected chi connectivity index (χ1v) is 28.3. The Balaban J connectivity index is 0.706. The fourth-order valence-electron chi connectivity index (χ4n) is 11.3. The molecule has 0 bridgehead atoms. The molecule has 1 unspecified atom stereocenters. The van der Waals surface area contributed by atoms with Gasteiger partial charge in [-0.2, -0.15) is 10.1 Å². The molecule has 0 saturated carbocycles. The predicted octanol–water partition coefficient (Wildman–Crippen LogP) is 6.66. The maximum absolute atomic E-state index is 13.7. The molecule has 3 N–H and O–H groups in total. The number of benzene rings is 4. The summed E-state index contributed by atoms with van der Waals surface area (Å²) in [5, 5.41) is 16.4. The van der Waals surface area contributed by atoms with Gasteiger partial charge in [-0.25, -0.2) is 4.98 Å². The second-order valence-corrected chi connectivity index (χ2v) is 24.2. The number of piperazine rings is 1. The molecule has 0 radical (unpaired) electrons. The smallest absolute Gasteiger partial charge is 0.262 e. The van der Waals surface area contributed by atoms with Gasteiger partial charge in [0, 0.05) is 125 Å². The first-order valence-electron chi connectivity index (χ1n) is 24.9. The number of methoxy groups -OCH3 is 1. The van der Waals surface area contributed by atoms with Gasteiger partial charge in [0.15, 0.2) is 0 Å². The first kappa shape index (κ1) is 48.6. The number of anilines is 6. The highest BCUT2D eigenvalue weighted by molar-refractivity contribution is 9.10. The van der Waals surface area contributed by atoms with Crippen LogP contribution in [0, 0.1) is 5.92 Å². The number of rotatable bonds is 13. The fourth-order valence-corrected chi connectivity index (χ4v) is 13.1. The number of aryl methyl sites for hydroxylation is 1. The zero-order chi connectivity index (χ0) is 50.7. The van der Waals surface area contributed by atoms with E-state index in [1.807, 2.05) is 66.6 Å². The number of likely N-dealkylation sites (tertiary alicyclic amines) is 1. The van der Waals surface area contributed by atoms with Crippen LogP contribution in [-0.4, -0.2) is 150 Å². The molecule has 4 amide bonds. The van der Waals surface area contributed by atoms with Crippen molar-refractivity contribution < 1.29 is 28.5 Å². The maximum Gasteiger partial charge on any atom is 0.262 e. The van der Waals surface area contributed by atoms with Crippen LogP contribution < -0.4 is 35.8 Å². The lowest BCUT2D eigenvalue weighted by Gasteiger charge is -2.49. The van der Waals surface area contributed by atoms with E-state index in [9.17, 15) is 23.7 Å². The number of amides is 4. The number of hydrogen-bond acceptors (Lipinski definition) is 15. The van der Waals surface area contributed by atoms with Gasteiger partial charge in [-0.1, -0.05) is 30.3 Å². The van der Waals surface area contributed by atoms with E-state index < -0.39 is 30.9 Å². The van der Waals surface area contributed by atoms with Crippen LogP contribution in [0.4, 0.5) is 34.5 Å². The van der Waals surface area contributed by atoms with E-state index >= 15 is 0 Å². The van der Waals surface area contributed by atoms with Crippen molar-refractivity contribution in [2.45, 2.75) is 37.8 Å². The van der Waals surface area contributed by atoms with Crippen LogP contribution >= 0.6 is 23.1 Å². The highest BCUT2D eigenvalue weighted by Gasteiger charge is 2.45. The lowest BCUT2D eigenvalue weighted by atomic mass is 9.92. The summed E-state index contributed by atoms with van der Waals surface area (Å²) in [6, 6.07) is 21.0. The number of imide groups is 2. The van der Waals surface area contributed by atoms with Gasteiger partial charge >= 0.3 is 0 Å². The van der Waals surface area contributed by atoms with Crippen molar-refractivity contribution >= 4 is 97.3 Å². The Morgan fingerprint density at radius 1 is 0.822 bits per heavy atom. The van der Waals surface area contributed by atoms with Crippen molar-refractivity contribution in [2.24, 2.45) is 13.0 Å². The van der Waals surface area contributed by atoms with E-state index in [0.717, 1.165) is 121 Å². The molecule has 0 spiro atoms. The molecule has 73 heavy (non-hydrogen) atoms. The fraction of sp³-hybridized carbons (Fsp3) is 0.377. The second kappa shape index (κ2) is 19.6. The van der Waals surface area contributed by atoms with Crippen LogP contribution in [0.5, 0.6) is 5.75 Å². The number of halogens is 1. The van der Waals surface area contributed by atoms with Crippen LogP contribution in [0.25, 0.3) is 21.9 Å². The molecule has 2 aromatic heterocycles. The molecule has 5 aliphatic heterocycles. The average molecular weight is 1070 g/mol. The number of ether oxygens (including phenoxy) is 1. The van der Waals surface area contributed by atoms with Crippen molar-refractivity contribution in [1.29, 1.82) is 0 Å². The summed E-state index contributed by atoms with van der Waals surface area (Å²) >= 11 is 3.64. The zero-order valence-electron chi connectivity index (χ0n) is 41.3. The number of hydrogen-bond donors (Lipinski definition) is 3. The molecule has 0 aliphatic carbocycles. The molecule has 20 heteroatoms. The molecule has 11 rings (SSSR count). The van der Waals surface area contributed by atoms with Crippen LogP contribution in [0.1, 0.15) is 46.4 Å². The molecule has 1 atom stereocenters. The minimum Gasteiger partial charge on any atom is -0.494 e. The Hall–Kier alpha value is -6.66. The normalized spacial score (nSPS) is 19.4. The number of nitrogens with zero attached hydrogens (tertiary/aromatic N) is 9. The molecule has 4 fully saturated rings. The number of fused-ring (bicyclic) bond motifs is 2. The SMILES string of the molecule is COc1cc(N2CCN(CC3CN(C4CCN(c5ccc6c(c5)C(=O)N(C5CCC(=O)NC5=O)C6=O)CC4)C3)CC2)c(-c2cnn(C)c2)cc1Nc1ncc(Br)c(Nc2ccc3ccccc3c2P(C)(C)=O)n1. The quantitative estimate of drug-likeness (QED) is 0.0822. The molecule has 7 heterocycles. The van der Waals surface area contributed by atoms with E-state index in [-0.39, 0.29) is 18.7 Å². The third-order valence-electron chi connectivity index (χ3n) is 15.0. The summed E-state index contributed by atoms with van der Waals surface area (Å²) < 4.78 is 22.2. The van der Waals surface area contributed by atoms with Crippen molar-refractivity contribution in [3.63, 3.8) is 0 Å². The van der Waals surface area contributed by atoms with Gasteiger partial charge in [0.25, 0.3) is 11.8 Å². The van der Waals surface area contributed by atoms with Gasteiger partial charge < -0.3 is 29.7 Å². The third kappa shape index (κ3) is 9.59. The van der Waals surface area contributed by atoms with Gasteiger partial charge in [-0.3, -0.25) is 43.9 Å². The summed E-state index contributed by atoms with van der Waals surface area (Å²) in [5.41, 5.74) is 6.01. The minimum absolute atomic E-state index is 0.0919. The molecule has 378 valence electrons. The first-order chi connectivity index (χ1) is 35.2. The number of carbonyl (C=O) groups is 4. The summed E-state index contributed by atoms with van der Waals surface area (Å²) in [6.07, 6.45) is 7.86. The predicted molar refractivity (Wildman–Crippen MR) is 287 cm³/mol. The highest BCUT2D eigenvalue weighted by Crippen LogP contribution is 2.44. The molecular weight excluding hydrogens is 1010 g/mol. The summed E-state index contributed by atoms with van der Waals surface area (Å²) in [7, 11) is 0.881. The summed E-state index contributed by atoms with van der Waals surface area (Å²) in [4.78, 5) is 71.4. The number of piperidine rings is 2.